The van der Waals surface area contributed by atoms with Gasteiger partial charge < -0.3 is 15.5 Å². The van der Waals surface area contributed by atoms with E-state index in [9.17, 15) is 0 Å². The molecule has 0 saturated carbocycles. The molecule has 0 bridgehead atoms. The molecular formula is C18H35N5S. The number of rotatable bonds is 12. The van der Waals surface area contributed by atoms with E-state index in [0.717, 1.165) is 30.5 Å². The Balaban J connectivity index is 2.19. The van der Waals surface area contributed by atoms with Crippen LogP contribution in [-0.4, -0.2) is 49.6 Å². The Morgan fingerprint density at radius 3 is 2.54 bits per heavy atom. The molecule has 24 heavy (non-hydrogen) atoms. The number of aliphatic imine (C=N–C) groups is 1. The van der Waals surface area contributed by atoms with Crippen LogP contribution in [0.2, 0.25) is 0 Å². The third kappa shape index (κ3) is 9.88. The minimum atomic E-state index is 0.657. The van der Waals surface area contributed by atoms with Crippen molar-refractivity contribution in [2.75, 3.05) is 33.7 Å². The Labute approximate surface area is 152 Å². The molecule has 0 aliphatic rings. The van der Waals surface area contributed by atoms with Crippen LogP contribution in [0, 0.1) is 0 Å². The van der Waals surface area contributed by atoms with Crippen LogP contribution in [0.3, 0.4) is 0 Å². The summed E-state index contributed by atoms with van der Waals surface area (Å²) >= 11 is 1.76. The number of nitrogens with one attached hydrogen (secondary N) is 2. The topological polar surface area (TPSA) is 52.6 Å². The minimum Gasteiger partial charge on any atom is -0.357 e. The van der Waals surface area contributed by atoms with Crippen LogP contribution >= 0.6 is 11.3 Å². The number of aromatic nitrogens is 1. The van der Waals surface area contributed by atoms with Crippen molar-refractivity contribution in [2.24, 2.45) is 4.99 Å². The van der Waals surface area contributed by atoms with Gasteiger partial charge in [-0.25, -0.2) is 9.98 Å². The third-order valence-corrected chi connectivity index (χ3v) is 4.87. The Morgan fingerprint density at radius 1 is 1.12 bits per heavy atom. The van der Waals surface area contributed by atoms with Crippen molar-refractivity contribution in [1.29, 1.82) is 0 Å². The molecule has 1 rings (SSSR count). The molecule has 0 fully saturated rings. The number of hydrogen-bond donors (Lipinski definition) is 2. The number of aryl methyl sites for hydroxylation is 1. The van der Waals surface area contributed by atoms with E-state index in [4.69, 9.17) is 0 Å². The number of guanidine groups is 1. The molecule has 138 valence electrons. The van der Waals surface area contributed by atoms with E-state index in [2.05, 4.69) is 53.5 Å². The van der Waals surface area contributed by atoms with Gasteiger partial charge >= 0.3 is 0 Å². The second kappa shape index (κ2) is 13.2. The third-order valence-electron chi connectivity index (χ3n) is 3.74. The Bertz CT molecular complexity index is 456. The van der Waals surface area contributed by atoms with Crippen LogP contribution in [0.4, 0.5) is 0 Å². The van der Waals surface area contributed by atoms with Gasteiger partial charge in [0.05, 0.1) is 6.54 Å². The van der Waals surface area contributed by atoms with Crippen molar-refractivity contribution < 1.29 is 0 Å². The molecule has 0 unspecified atom stereocenters. The molecule has 1 heterocycles. The second-order valence-corrected chi connectivity index (χ2v) is 7.47. The summed E-state index contributed by atoms with van der Waals surface area (Å²) in [4.78, 5) is 12.6. The van der Waals surface area contributed by atoms with Crippen LogP contribution < -0.4 is 10.6 Å². The molecule has 0 aliphatic carbocycles. The number of thiazole rings is 1. The fourth-order valence-corrected chi connectivity index (χ4v) is 3.15. The Kier molecular flexibility index (Phi) is 11.5. The summed E-state index contributed by atoms with van der Waals surface area (Å²) in [5.41, 5.74) is 0. The largest absolute Gasteiger partial charge is 0.357 e. The van der Waals surface area contributed by atoms with Gasteiger partial charge in [0.1, 0.15) is 5.01 Å². The normalized spacial score (nSPS) is 12.0. The average molecular weight is 354 g/mol. The predicted molar refractivity (Wildman–Crippen MR) is 106 cm³/mol. The second-order valence-electron chi connectivity index (χ2n) is 6.27. The van der Waals surface area contributed by atoms with Crippen LogP contribution in [-0.2, 0) is 13.0 Å². The maximum Gasteiger partial charge on any atom is 0.191 e. The fraction of sp³-hybridized carbons (Fsp3) is 0.778. The van der Waals surface area contributed by atoms with Gasteiger partial charge in [-0.15, -0.1) is 11.3 Å². The van der Waals surface area contributed by atoms with Crippen molar-refractivity contribution in [3.63, 3.8) is 0 Å². The maximum atomic E-state index is 4.63. The first-order valence-corrected chi connectivity index (χ1v) is 10.1. The van der Waals surface area contributed by atoms with E-state index in [-0.39, 0.29) is 0 Å². The molecule has 0 aromatic carbocycles. The summed E-state index contributed by atoms with van der Waals surface area (Å²) in [6, 6.07) is 0. The van der Waals surface area contributed by atoms with Crippen LogP contribution in [0.1, 0.15) is 55.8 Å². The van der Waals surface area contributed by atoms with Crippen molar-refractivity contribution >= 4 is 17.3 Å². The molecule has 1 aromatic rings. The van der Waals surface area contributed by atoms with Gasteiger partial charge in [0.25, 0.3) is 0 Å². The monoisotopic (exact) mass is 353 g/mol. The summed E-state index contributed by atoms with van der Waals surface area (Å²) in [5.74, 6) is 0.901. The van der Waals surface area contributed by atoms with Crippen LogP contribution in [0.25, 0.3) is 0 Å². The van der Waals surface area contributed by atoms with Crippen molar-refractivity contribution in [2.45, 2.75) is 58.9 Å². The first-order chi connectivity index (χ1) is 11.7. The number of nitrogens with zero attached hydrogens (tertiary/aromatic N) is 3. The average Bonchev–Trinajstić information content (AvgIpc) is 3.02. The molecule has 0 saturated heterocycles. The van der Waals surface area contributed by atoms with E-state index in [1.807, 2.05) is 6.20 Å². The number of unbranched alkanes of at least 4 members (excludes halogenated alkanes) is 4. The summed E-state index contributed by atoms with van der Waals surface area (Å²) < 4.78 is 0. The summed E-state index contributed by atoms with van der Waals surface area (Å²) in [5, 5.41) is 7.82. The summed E-state index contributed by atoms with van der Waals surface area (Å²) in [6.07, 6.45) is 9.45. The number of hydrogen-bond acceptors (Lipinski definition) is 4. The first kappa shape index (κ1) is 20.9. The molecule has 0 amide bonds. The van der Waals surface area contributed by atoms with E-state index in [1.165, 1.54) is 43.5 Å². The molecule has 6 heteroatoms. The van der Waals surface area contributed by atoms with E-state index in [0.29, 0.717) is 6.54 Å². The van der Waals surface area contributed by atoms with Gasteiger partial charge in [0.15, 0.2) is 5.96 Å². The van der Waals surface area contributed by atoms with Gasteiger partial charge in [-0.05, 0) is 46.8 Å². The van der Waals surface area contributed by atoms with Gasteiger partial charge in [-0.1, -0.05) is 26.2 Å². The van der Waals surface area contributed by atoms with E-state index in [1.54, 1.807) is 11.3 Å². The van der Waals surface area contributed by atoms with Crippen molar-refractivity contribution in [3.8, 4) is 0 Å². The lowest BCUT2D eigenvalue weighted by molar-refractivity contribution is 0.389. The molecule has 0 radical (unpaired) electrons. The van der Waals surface area contributed by atoms with Gasteiger partial charge in [-0.3, -0.25) is 0 Å². The predicted octanol–water partition coefficient (Wildman–Crippen LogP) is 3.27. The SMILES string of the molecule is CCNC(=NCc1ncc(CC)s1)NCCCCCCCN(C)C. The molecule has 2 N–H and O–H groups in total. The smallest absolute Gasteiger partial charge is 0.191 e. The van der Waals surface area contributed by atoms with Crippen LogP contribution in [0.5, 0.6) is 0 Å². The zero-order valence-electron chi connectivity index (χ0n) is 15.9. The molecule has 1 aromatic heterocycles. The minimum absolute atomic E-state index is 0.657. The van der Waals surface area contributed by atoms with Crippen molar-refractivity contribution in [1.82, 2.24) is 20.5 Å². The Morgan fingerprint density at radius 2 is 1.88 bits per heavy atom. The lowest BCUT2D eigenvalue weighted by atomic mass is 10.1. The maximum absolute atomic E-state index is 4.63. The van der Waals surface area contributed by atoms with Gasteiger partial charge in [-0.2, -0.15) is 0 Å². The lowest BCUT2D eigenvalue weighted by Gasteiger charge is -2.11. The molecule has 0 aliphatic heterocycles. The summed E-state index contributed by atoms with van der Waals surface area (Å²) in [6.45, 7) is 7.98. The Hall–Kier alpha value is -1.14. The van der Waals surface area contributed by atoms with Gasteiger partial charge in [0.2, 0.25) is 0 Å². The standard InChI is InChI=1S/C18H35N5S/c1-5-16-14-21-17(24-16)15-22-18(19-6-2)20-12-10-8-7-9-11-13-23(3)4/h14H,5-13,15H2,1-4H3,(H2,19,20,22). The zero-order chi connectivity index (χ0) is 17.6. The quantitative estimate of drug-likeness (QED) is 0.344. The highest BCUT2D eigenvalue weighted by atomic mass is 32.1. The van der Waals surface area contributed by atoms with Gasteiger partial charge in [0, 0.05) is 24.2 Å². The summed E-state index contributed by atoms with van der Waals surface area (Å²) in [7, 11) is 4.28. The fourth-order valence-electron chi connectivity index (χ4n) is 2.36. The molecular weight excluding hydrogens is 318 g/mol. The molecule has 5 nitrogen and oxygen atoms in total. The van der Waals surface area contributed by atoms with E-state index < -0.39 is 0 Å². The lowest BCUT2D eigenvalue weighted by Crippen LogP contribution is -2.37. The van der Waals surface area contributed by atoms with Crippen molar-refractivity contribution in [3.05, 3.63) is 16.1 Å². The highest BCUT2D eigenvalue weighted by molar-refractivity contribution is 7.11. The molecule has 0 atom stereocenters. The van der Waals surface area contributed by atoms with E-state index >= 15 is 0 Å². The molecule has 0 spiro atoms. The van der Waals surface area contributed by atoms with Crippen LogP contribution in [0.15, 0.2) is 11.2 Å². The highest BCUT2D eigenvalue weighted by Crippen LogP contribution is 2.13. The first-order valence-electron chi connectivity index (χ1n) is 9.26. The zero-order valence-corrected chi connectivity index (χ0v) is 16.7. The highest BCUT2D eigenvalue weighted by Gasteiger charge is 2.01.